The van der Waals surface area contributed by atoms with Crippen LogP contribution in [0.15, 0.2) is 54.6 Å². The van der Waals surface area contributed by atoms with E-state index in [2.05, 4.69) is 5.32 Å². The van der Waals surface area contributed by atoms with Crippen LogP contribution in [0, 0.1) is 5.41 Å². The summed E-state index contributed by atoms with van der Waals surface area (Å²) < 4.78 is 38.1. The van der Waals surface area contributed by atoms with Crippen molar-refractivity contribution >= 4 is 33.6 Å². The van der Waals surface area contributed by atoms with Crippen LogP contribution in [0.3, 0.4) is 0 Å². The maximum absolute atomic E-state index is 13.1. The molecule has 0 aliphatic carbocycles. The standard InChI is InChI=1S/C24H30N4O5S/c1-2-32-23(29)17-34(30,31)28(14-4-6-18-5-3-7-19(15-18)24(25)26)20-8-10-21(11-9-20)33-22-12-13-27-16-22/h3-11,15,22,27H,2,12-14,16-17H2,1H3,(H3,25,26)/b6-4+. The van der Waals surface area contributed by atoms with Crippen LogP contribution in [0.25, 0.3) is 6.08 Å². The summed E-state index contributed by atoms with van der Waals surface area (Å²) in [5.41, 5.74) is 7.29. The number of nitrogens with zero attached hydrogens (tertiary/aromatic N) is 1. The average molecular weight is 487 g/mol. The van der Waals surface area contributed by atoms with Crippen LogP contribution >= 0.6 is 0 Å². The van der Waals surface area contributed by atoms with Crippen LogP contribution in [0.4, 0.5) is 5.69 Å². The Morgan fingerprint density at radius 1 is 1.26 bits per heavy atom. The summed E-state index contributed by atoms with van der Waals surface area (Å²) in [6.45, 7) is 3.40. The number of carbonyl (C=O) groups excluding carboxylic acids is 1. The minimum Gasteiger partial charge on any atom is -0.489 e. The van der Waals surface area contributed by atoms with Crippen LogP contribution < -0.4 is 20.1 Å². The fraction of sp³-hybridized carbons (Fsp3) is 0.333. The molecule has 2 aromatic rings. The van der Waals surface area contributed by atoms with Gasteiger partial charge in [-0.3, -0.25) is 14.5 Å². The lowest BCUT2D eigenvalue weighted by Crippen LogP contribution is -2.36. The molecule has 0 aromatic heterocycles. The van der Waals surface area contributed by atoms with Crippen LogP contribution in [-0.2, 0) is 19.6 Å². The molecule has 1 heterocycles. The number of hydrogen-bond donors (Lipinski definition) is 3. The molecule has 0 saturated carbocycles. The van der Waals surface area contributed by atoms with Gasteiger partial charge in [0.25, 0.3) is 0 Å². The van der Waals surface area contributed by atoms with Gasteiger partial charge in [-0.2, -0.15) is 0 Å². The van der Waals surface area contributed by atoms with E-state index >= 15 is 0 Å². The zero-order valence-corrected chi connectivity index (χ0v) is 19.9. The Kier molecular flexibility index (Phi) is 8.67. The number of rotatable bonds is 11. The van der Waals surface area contributed by atoms with E-state index < -0.39 is 21.7 Å². The maximum Gasteiger partial charge on any atom is 0.323 e. The molecule has 1 fully saturated rings. The lowest BCUT2D eigenvalue weighted by atomic mass is 10.1. The monoisotopic (exact) mass is 486 g/mol. The van der Waals surface area contributed by atoms with Gasteiger partial charge in [-0.1, -0.05) is 30.4 Å². The summed E-state index contributed by atoms with van der Waals surface area (Å²) in [7, 11) is -4.01. The predicted octanol–water partition coefficient (Wildman–Crippen LogP) is 2.12. The average Bonchev–Trinajstić information content (AvgIpc) is 3.30. The van der Waals surface area contributed by atoms with Crippen molar-refractivity contribution in [1.29, 1.82) is 5.41 Å². The van der Waals surface area contributed by atoms with Crippen LogP contribution in [0.5, 0.6) is 5.75 Å². The Morgan fingerprint density at radius 2 is 2.03 bits per heavy atom. The summed E-state index contributed by atoms with van der Waals surface area (Å²) in [6.07, 6.45) is 4.42. The maximum atomic E-state index is 13.1. The van der Waals surface area contributed by atoms with E-state index in [1.165, 1.54) is 0 Å². The molecule has 10 heteroatoms. The molecule has 4 N–H and O–H groups in total. The Labute approximate surface area is 200 Å². The summed E-state index contributed by atoms with van der Waals surface area (Å²) in [5.74, 6) is -0.971. The highest BCUT2D eigenvalue weighted by atomic mass is 32.2. The quantitative estimate of drug-likeness (QED) is 0.252. The van der Waals surface area contributed by atoms with E-state index in [0.717, 1.165) is 29.4 Å². The lowest BCUT2D eigenvalue weighted by molar-refractivity contribution is -0.139. The number of nitrogens with two attached hydrogens (primary N) is 1. The zero-order chi connectivity index (χ0) is 24.6. The van der Waals surface area contributed by atoms with Crippen molar-refractivity contribution in [3.63, 3.8) is 0 Å². The molecule has 0 amide bonds. The second-order valence-electron chi connectivity index (χ2n) is 7.76. The molecule has 1 aliphatic heterocycles. The highest BCUT2D eigenvalue weighted by Gasteiger charge is 2.26. The number of ether oxygens (including phenoxy) is 2. The molecule has 0 radical (unpaired) electrons. The zero-order valence-electron chi connectivity index (χ0n) is 19.1. The summed E-state index contributed by atoms with van der Waals surface area (Å²) in [6, 6.07) is 13.8. The van der Waals surface area contributed by atoms with Gasteiger partial charge in [-0.25, -0.2) is 8.42 Å². The van der Waals surface area contributed by atoms with Crippen molar-refractivity contribution in [3.05, 3.63) is 65.7 Å². The Hall–Kier alpha value is -3.37. The third-order valence-corrected chi connectivity index (χ3v) is 6.80. The van der Waals surface area contributed by atoms with Crippen molar-refractivity contribution in [1.82, 2.24) is 5.32 Å². The molecule has 1 aliphatic rings. The fourth-order valence-electron chi connectivity index (χ4n) is 3.52. The third kappa shape index (κ3) is 7.06. The Balaban J connectivity index is 1.81. The van der Waals surface area contributed by atoms with Gasteiger partial charge < -0.3 is 20.5 Å². The van der Waals surface area contributed by atoms with E-state index in [1.807, 2.05) is 6.07 Å². The van der Waals surface area contributed by atoms with Gasteiger partial charge in [0.05, 0.1) is 18.8 Å². The molecule has 1 unspecified atom stereocenters. The molecular formula is C24H30N4O5S. The molecule has 0 spiro atoms. The minimum atomic E-state index is -4.01. The molecule has 3 rings (SSSR count). The first-order valence-electron chi connectivity index (χ1n) is 11.0. The topological polar surface area (TPSA) is 135 Å². The second-order valence-corrected chi connectivity index (χ2v) is 9.65. The number of carbonyl (C=O) groups is 1. The van der Waals surface area contributed by atoms with Crippen LogP contribution in [-0.4, -0.2) is 58.3 Å². The number of nitrogen functional groups attached to an aromatic ring is 1. The van der Waals surface area contributed by atoms with E-state index in [-0.39, 0.29) is 25.1 Å². The third-order valence-electron chi connectivity index (χ3n) is 5.16. The molecule has 34 heavy (non-hydrogen) atoms. The normalized spacial score (nSPS) is 15.9. The largest absolute Gasteiger partial charge is 0.489 e. The number of esters is 1. The summed E-state index contributed by atoms with van der Waals surface area (Å²) >= 11 is 0. The SMILES string of the molecule is CCOC(=O)CS(=O)(=O)N(C/C=C/c1cccc(C(=N)N)c1)c1ccc(OC2CCNC2)cc1. The number of sulfonamides is 1. The molecule has 1 saturated heterocycles. The highest BCUT2D eigenvalue weighted by Crippen LogP contribution is 2.24. The number of anilines is 1. The first-order chi connectivity index (χ1) is 16.3. The summed E-state index contributed by atoms with van der Waals surface area (Å²) in [4.78, 5) is 11.9. The van der Waals surface area contributed by atoms with E-state index in [0.29, 0.717) is 17.0 Å². The number of nitrogens with one attached hydrogen (secondary N) is 2. The number of hydrogen-bond acceptors (Lipinski definition) is 7. The molecule has 2 aromatic carbocycles. The van der Waals surface area contributed by atoms with Crippen LogP contribution in [0.2, 0.25) is 0 Å². The highest BCUT2D eigenvalue weighted by molar-refractivity contribution is 7.93. The summed E-state index contributed by atoms with van der Waals surface area (Å²) in [5, 5.41) is 10.8. The van der Waals surface area contributed by atoms with Gasteiger partial charge in [0, 0.05) is 12.1 Å². The van der Waals surface area contributed by atoms with Gasteiger partial charge >= 0.3 is 5.97 Å². The predicted molar refractivity (Wildman–Crippen MR) is 133 cm³/mol. The number of benzene rings is 2. The van der Waals surface area contributed by atoms with E-state index in [9.17, 15) is 13.2 Å². The number of amidine groups is 1. The fourth-order valence-corrected chi connectivity index (χ4v) is 4.81. The van der Waals surface area contributed by atoms with E-state index in [1.54, 1.807) is 61.5 Å². The first kappa shape index (κ1) is 25.3. The van der Waals surface area contributed by atoms with Gasteiger partial charge in [0.1, 0.15) is 17.7 Å². The first-order valence-corrected chi connectivity index (χ1v) is 12.6. The van der Waals surface area contributed by atoms with Crippen molar-refractivity contribution in [2.75, 3.05) is 36.3 Å². The Morgan fingerprint density at radius 3 is 2.68 bits per heavy atom. The van der Waals surface area contributed by atoms with Crippen molar-refractivity contribution in [3.8, 4) is 5.75 Å². The molecule has 0 bridgehead atoms. The van der Waals surface area contributed by atoms with Gasteiger partial charge in [-0.05, 0) is 55.8 Å². The van der Waals surface area contributed by atoms with E-state index in [4.69, 9.17) is 20.6 Å². The Bertz CT molecular complexity index is 1130. The van der Waals surface area contributed by atoms with Crippen molar-refractivity contribution in [2.45, 2.75) is 19.4 Å². The van der Waals surface area contributed by atoms with Gasteiger partial charge in [-0.15, -0.1) is 0 Å². The van der Waals surface area contributed by atoms with Gasteiger partial charge in [0.2, 0.25) is 10.0 Å². The molecule has 9 nitrogen and oxygen atoms in total. The molecular weight excluding hydrogens is 456 g/mol. The van der Waals surface area contributed by atoms with Crippen LogP contribution in [0.1, 0.15) is 24.5 Å². The molecule has 1 atom stereocenters. The lowest BCUT2D eigenvalue weighted by Gasteiger charge is -2.23. The molecule has 182 valence electrons. The minimum absolute atomic E-state index is 0.00120. The van der Waals surface area contributed by atoms with Crippen molar-refractivity contribution in [2.24, 2.45) is 5.73 Å². The van der Waals surface area contributed by atoms with Gasteiger partial charge in [0.15, 0.2) is 5.75 Å². The second kappa shape index (κ2) is 11.7. The smallest absolute Gasteiger partial charge is 0.323 e. The van der Waals surface area contributed by atoms with Crippen molar-refractivity contribution < 1.29 is 22.7 Å².